The molecule has 0 aliphatic rings. The summed E-state index contributed by atoms with van der Waals surface area (Å²) in [6.45, 7) is 1.20. The molecule has 0 unspecified atom stereocenters. The first-order valence-electron chi connectivity index (χ1n) is 22.2. The van der Waals surface area contributed by atoms with Gasteiger partial charge >= 0.3 is 0 Å². The Morgan fingerprint density at radius 3 is 1.38 bits per heavy atom. The number of hydrogen-bond acceptors (Lipinski definition) is 5. The molecule has 2 heterocycles. The summed E-state index contributed by atoms with van der Waals surface area (Å²) in [6.07, 6.45) is 1.16. The number of aromatic nitrogens is 2. The van der Waals surface area contributed by atoms with Gasteiger partial charge in [0, 0.05) is 33.5 Å². The fourth-order valence-electron chi connectivity index (χ4n) is 8.25. The van der Waals surface area contributed by atoms with Crippen LogP contribution in [0.4, 0.5) is 0 Å². The number of rotatable bonds is 11. The van der Waals surface area contributed by atoms with Gasteiger partial charge in [-0.2, -0.15) is 0 Å². The molecule has 2 aromatic heterocycles. The summed E-state index contributed by atoms with van der Waals surface area (Å²) in [5.41, 5.74) is 13.7. The normalized spacial score (nSPS) is 11.9. The molecule has 0 amide bonds. The molecule has 1 N–H and O–H groups in total. The minimum Gasteiger partial charge on any atom is -0.512 e. The van der Waals surface area contributed by atoms with Crippen LogP contribution < -0.4 is 4.74 Å². The van der Waals surface area contributed by atoms with Gasteiger partial charge in [0.05, 0.1) is 30.9 Å². The van der Waals surface area contributed by atoms with Gasteiger partial charge in [0.15, 0.2) is 12.4 Å². The van der Waals surface area contributed by atoms with Crippen LogP contribution in [0.5, 0.6) is 5.75 Å². The average Bonchev–Trinajstić information content (AvgIpc) is 3.35. The number of aliphatic hydroxyl groups is 1. The molecule has 64 heavy (non-hydrogen) atoms. The minimum absolute atomic E-state index is 0.0850. The lowest BCUT2D eigenvalue weighted by Crippen LogP contribution is -2.09. The Morgan fingerprint density at radius 2 is 0.891 bits per heavy atom. The lowest BCUT2D eigenvalue weighted by Gasteiger charge is -2.18. The van der Waals surface area contributed by atoms with E-state index >= 15 is 0 Å². The van der Waals surface area contributed by atoms with Gasteiger partial charge in [-0.05, 0) is 106 Å². The van der Waals surface area contributed by atoms with Crippen molar-refractivity contribution in [2.24, 2.45) is 0 Å². The lowest BCUT2D eigenvalue weighted by atomic mass is 9.87. The molecule has 0 atom stereocenters. The Hall–Kier alpha value is -8.41. The minimum atomic E-state index is -0.357. The fraction of sp³-hybridized carbons (Fsp3) is 0.0339. The maximum absolute atomic E-state index is 12.7. The number of fused-ring (bicyclic) bond motifs is 2. The van der Waals surface area contributed by atoms with E-state index in [4.69, 9.17) is 14.7 Å². The maximum atomic E-state index is 12.7. The SMILES string of the molecule is [2H]c1cc(-c2ccc3ccccc3n2)ccc1-c1ccccc1-c1cc(-c2ccccc2OCC(=O)C=C(C)O)cc(-c2ccccc2-c2ccc(-c3ccc4ccccc4n3)cc2[2H])c1. The zero-order valence-corrected chi connectivity index (χ0v) is 35.0. The first-order valence-corrected chi connectivity index (χ1v) is 21.2. The van der Waals surface area contributed by atoms with Crippen LogP contribution in [0.25, 0.3) is 100.0 Å². The Labute approximate surface area is 375 Å². The first kappa shape index (κ1) is 37.4. The van der Waals surface area contributed by atoms with Crippen molar-refractivity contribution < 1.29 is 17.4 Å². The Kier molecular flexibility index (Phi) is 10.2. The Morgan fingerprint density at radius 1 is 0.484 bits per heavy atom. The van der Waals surface area contributed by atoms with Crippen molar-refractivity contribution in [3.63, 3.8) is 0 Å². The average molecular weight is 829 g/mol. The van der Waals surface area contributed by atoms with E-state index in [1.807, 2.05) is 146 Å². The van der Waals surface area contributed by atoms with Crippen molar-refractivity contribution in [3.8, 4) is 83.9 Å². The van der Waals surface area contributed by atoms with Crippen LogP contribution in [0.15, 0.2) is 224 Å². The van der Waals surface area contributed by atoms with E-state index in [0.717, 1.165) is 106 Å². The largest absolute Gasteiger partial charge is 0.512 e. The number of carbonyl (C=O) groups is 1. The standard InChI is InChI=1S/C59H42N2O3/c1-39(62)34-49(63)38-64-59-21-11-8-18-54(59)48-36-46(52-16-6-4-14-50(52)40-22-26-44(27-23-40)57-32-30-42-12-2-9-19-55(42)60-57)35-47(37-48)53-17-7-5-15-51(53)41-24-28-45(29-25-41)58-33-31-43-13-3-10-20-56(43)61-58/h2-37,62H,38H2,1H3/i22D,24D. The van der Waals surface area contributed by atoms with E-state index in [9.17, 15) is 12.6 Å². The van der Waals surface area contributed by atoms with E-state index < -0.39 is 0 Å². The maximum Gasteiger partial charge on any atom is 0.196 e. The van der Waals surface area contributed by atoms with Gasteiger partial charge in [-0.25, -0.2) is 9.97 Å². The van der Waals surface area contributed by atoms with Gasteiger partial charge in [-0.3, -0.25) is 4.79 Å². The summed E-state index contributed by atoms with van der Waals surface area (Å²) in [4.78, 5) is 22.5. The van der Waals surface area contributed by atoms with Crippen molar-refractivity contribution in [2.45, 2.75) is 6.92 Å². The number of carbonyl (C=O) groups excluding carboxylic acids is 1. The molecule has 0 fully saturated rings. The molecule has 306 valence electrons. The molecule has 5 nitrogen and oxygen atoms in total. The summed E-state index contributed by atoms with van der Waals surface area (Å²) in [6, 6.07) is 67.0. The third-order valence-electron chi connectivity index (χ3n) is 11.3. The van der Waals surface area contributed by atoms with Crippen LogP contribution in [-0.2, 0) is 4.79 Å². The van der Waals surface area contributed by atoms with Crippen LogP contribution in [0.2, 0.25) is 0 Å². The fourth-order valence-corrected chi connectivity index (χ4v) is 8.25. The molecule has 0 saturated heterocycles. The summed E-state index contributed by atoms with van der Waals surface area (Å²) in [5, 5.41) is 11.9. The van der Waals surface area contributed by atoms with Gasteiger partial charge in [0.25, 0.3) is 0 Å². The number of benzene rings is 8. The highest BCUT2D eigenvalue weighted by Gasteiger charge is 2.17. The molecule has 0 saturated carbocycles. The molecule has 10 rings (SSSR count). The zero-order valence-electron chi connectivity index (χ0n) is 37.0. The quantitative estimate of drug-likeness (QED) is 0.104. The molecule has 10 aromatic rings. The third-order valence-corrected chi connectivity index (χ3v) is 11.3. The summed E-state index contributed by atoms with van der Waals surface area (Å²) in [5.74, 6) is 0.0692. The molecule has 0 aliphatic carbocycles. The number of ketones is 1. The van der Waals surface area contributed by atoms with Crippen molar-refractivity contribution in [2.75, 3.05) is 6.61 Å². The number of aliphatic hydroxyl groups excluding tert-OH is 1. The molecule has 0 spiro atoms. The highest BCUT2D eigenvalue weighted by Crippen LogP contribution is 2.42. The molecular weight excluding hydrogens is 785 g/mol. The van der Waals surface area contributed by atoms with Crippen LogP contribution >= 0.6 is 0 Å². The molecule has 5 heteroatoms. The zero-order chi connectivity index (χ0) is 45.1. The van der Waals surface area contributed by atoms with Crippen LogP contribution in [0.3, 0.4) is 0 Å². The summed E-state index contributed by atoms with van der Waals surface area (Å²) in [7, 11) is 0. The summed E-state index contributed by atoms with van der Waals surface area (Å²) >= 11 is 0. The summed E-state index contributed by atoms with van der Waals surface area (Å²) < 4.78 is 24.9. The predicted molar refractivity (Wildman–Crippen MR) is 262 cm³/mol. The number of pyridine rings is 2. The second-order valence-electron chi connectivity index (χ2n) is 15.7. The lowest BCUT2D eigenvalue weighted by molar-refractivity contribution is -0.116. The van der Waals surface area contributed by atoms with E-state index in [1.165, 1.54) is 6.92 Å². The second kappa shape index (κ2) is 17.5. The van der Waals surface area contributed by atoms with Crippen molar-refractivity contribution in [1.29, 1.82) is 0 Å². The monoisotopic (exact) mass is 828 g/mol. The number of ether oxygens (including phenoxy) is 1. The van der Waals surface area contributed by atoms with Crippen molar-refractivity contribution in [3.05, 3.63) is 224 Å². The topological polar surface area (TPSA) is 72.3 Å². The van der Waals surface area contributed by atoms with Crippen LogP contribution in [0, 0.1) is 0 Å². The van der Waals surface area contributed by atoms with Crippen molar-refractivity contribution >= 4 is 27.6 Å². The van der Waals surface area contributed by atoms with E-state index in [0.29, 0.717) is 17.8 Å². The predicted octanol–water partition coefficient (Wildman–Crippen LogP) is 14.9. The number of nitrogens with zero attached hydrogens (tertiary/aromatic N) is 2. The van der Waals surface area contributed by atoms with Crippen LogP contribution in [-0.4, -0.2) is 27.5 Å². The van der Waals surface area contributed by atoms with Crippen molar-refractivity contribution in [1.82, 2.24) is 9.97 Å². The molecule has 8 aromatic carbocycles. The third kappa shape index (κ3) is 8.31. The molecule has 0 aliphatic heterocycles. The first-order chi connectivity index (χ1) is 32.3. The Bertz CT molecular complexity index is 3330. The molecular formula is C59H42N2O3. The van der Waals surface area contributed by atoms with Gasteiger partial charge < -0.3 is 9.84 Å². The van der Waals surface area contributed by atoms with E-state index in [-0.39, 0.29) is 18.1 Å². The highest BCUT2D eigenvalue weighted by atomic mass is 16.5. The van der Waals surface area contributed by atoms with E-state index in [1.54, 1.807) is 0 Å². The smallest absolute Gasteiger partial charge is 0.196 e. The number of allylic oxidation sites excluding steroid dienone is 1. The Balaban J connectivity index is 1.09. The number of hydrogen-bond donors (Lipinski definition) is 1. The van der Waals surface area contributed by atoms with Gasteiger partial charge in [-0.1, -0.05) is 164 Å². The van der Waals surface area contributed by atoms with Gasteiger partial charge in [-0.15, -0.1) is 0 Å². The van der Waals surface area contributed by atoms with Gasteiger partial charge in [0.1, 0.15) is 5.75 Å². The van der Waals surface area contributed by atoms with Gasteiger partial charge in [0.2, 0.25) is 0 Å². The second-order valence-corrected chi connectivity index (χ2v) is 15.7. The number of para-hydroxylation sites is 3. The highest BCUT2D eigenvalue weighted by molar-refractivity contribution is 5.94. The van der Waals surface area contributed by atoms with E-state index in [2.05, 4.69) is 54.6 Å². The molecule has 0 radical (unpaired) electrons. The van der Waals surface area contributed by atoms with Crippen LogP contribution in [0.1, 0.15) is 9.67 Å². The molecule has 0 bridgehead atoms.